The van der Waals surface area contributed by atoms with E-state index in [-0.39, 0.29) is 11.7 Å². The van der Waals surface area contributed by atoms with Crippen LogP contribution in [0.2, 0.25) is 0 Å². The van der Waals surface area contributed by atoms with Gasteiger partial charge in [-0.1, -0.05) is 0 Å². The number of rotatable bonds is 1. The van der Waals surface area contributed by atoms with Crippen LogP contribution in [0, 0.1) is 0 Å². The molecule has 0 fully saturated rings. The molecule has 0 saturated carbocycles. The highest BCUT2D eigenvalue weighted by atomic mass is 16.4. The summed E-state index contributed by atoms with van der Waals surface area (Å²) in [7, 11) is 0. The van der Waals surface area contributed by atoms with Gasteiger partial charge in [-0.05, 0) is 19.3 Å². The predicted octanol–water partition coefficient (Wildman–Crippen LogP) is -0.0761. The highest BCUT2D eigenvalue weighted by molar-refractivity contribution is 5.87. The molecule has 0 saturated heterocycles. The first-order valence-corrected chi connectivity index (χ1v) is 4.23. The van der Waals surface area contributed by atoms with Crippen molar-refractivity contribution in [2.24, 2.45) is 5.73 Å². The number of hydrogen-bond donors (Lipinski definition) is 3. The van der Waals surface area contributed by atoms with Crippen LogP contribution in [-0.2, 0) is 12.8 Å². The van der Waals surface area contributed by atoms with Crippen molar-refractivity contribution < 1.29 is 9.90 Å². The maximum absolute atomic E-state index is 10.7. The van der Waals surface area contributed by atoms with E-state index in [1.807, 2.05) is 0 Å². The van der Waals surface area contributed by atoms with Gasteiger partial charge in [0.05, 0.1) is 0 Å². The van der Waals surface area contributed by atoms with E-state index in [0.717, 1.165) is 24.1 Å². The highest BCUT2D eigenvalue weighted by Crippen LogP contribution is 2.21. The molecule has 0 aliphatic heterocycles. The lowest BCUT2D eigenvalue weighted by molar-refractivity contribution is 0.0689. The number of carboxylic acids is 1. The molecule has 0 aromatic carbocycles. The molecular weight excluding hydrogens is 170 g/mol. The van der Waals surface area contributed by atoms with Crippen LogP contribution in [-0.4, -0.2) is 27.3 Å². The number of carbonyl (C=O) groups is 1. The largest absolute Gasteiger partial charge is 0.476 e. The molecule has 1 aromatic heterocycles. The summed E-state index contributed by atoms with van der Waals surface area (Å²) in [5.41, 5.74) is 7.59. The van der Waals surface area contributed by atoms with Crippen LogP contribution in [0.1, 0.15) is 28.2 Å². The number of H-pyrrole nitrogens is 1. The molecule has 13 heavy (non-hydrogen) atoms. The molecule has 5 nitrogen and oxygen atoms in total. The molecule has 1 aliphatic carbocycles. The Morgan fingerprint density at radius 2 is 2.46 bits per heavy atom. The second-order valence-corrected chi connectivity index (χ2v) is 3.34. The van der Waals surface area contributed by atoms with Crippen molar-refractivity contribution in [2.75, 3.05) is 0 Å². The molecule has 4 N–H and O–H groups in total. The van der Waals surface area contributed by atoms with E-state index in [1.54, 1.807) is 0 Å². The molecule has 2 rings (SSSR count). The summed E-state index contributed by atoms with van der Waals surface area (Å²) in [4.78, 5) is 10.7. The van der Waals surface area contributed by atoms with Crippen molar-refractivity contribution in [3.63, 3.8) is 0 Å². The molecule has 0 bridgehead atoms. The number of nitrogens with one attached hydrogen (secondary N) is 1. The number of aryl methyl sites for hydroxylation is 1. The summed E-state index contributed by atoms with van der Waals surface area (Å²) >= 11 is 0. The quantitative estimate of drug-likeness (QED) is 0.565. The lowest BCUT2D eigenvalue weighted by atomic mass is 9.92. The third-order valence-electron chi connectivity index (χ3n) is 2.39. The van der Waals surface area contributed by atoms with Crippen LogP contribution >= 0.6 is 0 Å². The number of hydrogen-bond acceptors (Lipinski definition) is 3. The maximum atomic E-state index is 10.7. The van der Waals surface area contributed by atoms with Crippen LogP contribution < -0.4 is 5.73 Å². The molecule has 1 heterocycles. The van der Waals surface area contributed by atoms with Crippen LogP contribution in [0.3, 0.4) is 0 Å². The van der Waals surface area contributed by atoms with E-state index >= 15 is 0 Å². The summed E-state index contributed by atoms with van der Waals surface area (Å²) in [6.07, 6.45) is 2.32. The van der Waals surface area contributed by atoms with E-state index in [0.29, 0.717) is 6.42 Å². The number of nitrogens with two attached hydrogens (primary N) is 1. The van der Waals surface area contributed by atoms with Gasteiger partial charge in [-0.3, -0.25) is 5.10 Å². The van der Waals surface area contributed by atoms with Crippen molar-refractivity contribution >= 4 is 5.97 Å². The van der Waals surface area contributed by atoms with Gasteiger partial charge in [0.1, 0.15) is 0 Å². The van der Waals surface area contributed by atoms with Gasteiger partial charge in [0, 0.05) is 17.3 Å². The van der Waals surface area contributed by atoms with Crippen molar-refractivity contribution in [3.8, 4) is 0 Å². The Morgan fingerprint density at radius 3 is 3.15 bits per heavy atom. The van der Waals surface area contributed by atoms with Gasteiger partial charge >= 0.3 is 5.97 Å². The first-order chi connectivity index (χ1) is 6.18. The summed E-state index contributed by atoms with van der Waals surface area (Å²) in [5, 5.41) is 15.3. The molecule has 1 aliphatic rings. The summed E-state index contributed by atoms with van der Waals surface area (Å²) in [5.74, 6) is -0.980. The normalized spacial score (nSPS) is 21.2. The molecule has 5 heteroatoms. The number of carboxylic acid groups (broad SMARTS) is 1. The average Bonchev–Trinajstić information content (AvgIpc) is 2.46. The Hall–Kier alpha value is -1.36. The summed E-state index contributed by atoms with van der Waals surface area (Å²) < 4.78 is 0. The third kappa shape index (κ3) is 1.31. The van der Waals surface area contributed by atoms with E-state index < -0.39 is 5.97 Å². The zero-order valence-corrected chi connectivity index (χ0v) is 7.08. The fourth-order valence-electron chi connectivity index (χ4n) is 1.70. The Morgan fingerprint density at radius 1 is 1.69 bits per heavy atom. The van der Waals surface area contributed by atoms with Crippen LogP contribution in [0.4, 0.5) is 0 Å². The minimum atomic E-state index is -0.980. The van der Waals surface area contributed by atoms with Gasteiger partial charge in [0.15, 0.2) is 5.69 Å². The molecule has 0 radical (unpaired) electrons. The Labute approximate surface area is 74.9 Å². The van der Waals surface area contributed by atoms with Crippen molar-refractivity contribution in [2.45, 2.75) is 25.3 Å². The lowest BCUT2D eigenvalue weighted by Gasteiger charge is -2.17. The van der Waals surface area contributed by atoms with E-state index in [1.165, 1.54) is 0 Å². The van der Waals surface area contributed by atoms with E-state index in [9.17, 15) is 4.79 Å². The molecule has 1 unspecified atom stereocenters. The first-order valence-electron chi connectivity index (χ1n) is 4.23. The molecule has 1 aromatic rings. The van der Waals surface area contributed by atoms with Crippen molar-refractivity contribution in [1.82, 2.24) is 10.2 Å². The average molecular weight is 181 g/mol. The number of aromatic nitrogens is 2. The van der Waals surface area contributed by atoms with E-state index in [2.05, 4.69) is 10.2 Å². The SMILES string of the molecule is NC1CCc2[nH]nc(C(=O)O)c2C1. The van der Waals surface area contributed by atoms with Gasteiger partial charge < -0.3 is 10.8 Å². The minimum Gasteiger partial charge on any atom is -0.476 e. The third-order valence-corrected chi connectivity index (χ3v) is 2.39. The van der Waals surface area contributed by atoms with Crippen LogP contribution in [0.15, 0.2) is 0 Å². The number of aromatic carboxylic acids is 1. The molecule has 1 atom stereocenters. The fourth-order valence-corrected chi connectivity index (χ4v) is 1.70. The topological polar surface area (TPSA) is 92.0 Å². The summed E-state index contributed by atoms with van der Waals surface area (Å²) in [6.45, 7) is 0. The Balaban J connectivity index is 2.41. The predicted molar refractivity (Wildman–Crippen MR) is 45.5 cm³/mol. The fraction of sp³-hybridized carbons (Fsp3) is 0.500. The van der Waals surface area contributed by atoms with Gasteiger partial charge in [-0.15, -0.1) is 0 Å². The molecule has 0 amide bonds. The smallest absolute Gasteiger partial charge is 0.356 e. The van der Waals surface area contributed by atoms with Crippen molar-refractivity contribution in [3.05, 3.63) is 17.0 Å². The zero-order chi connectivity index (χ0) is 9.42. The van der Waals surface area contributed by atoms with E-state index in [4.69, 9.17) is 10.8 Å². The minimum absolute atomic E-state index is 0.0724. The zero-order valence-electron chi connectivity index (χ0n) is 7.08. The number of aromatic amines is 1. The monoisotopic (exact) mass is 181 g/mol. The first kappa shape index (κ1) is 8.25. The maximum Gasteiger partial charge on any atom is 0.356 e. The van der Waals surface area contributed by atoms with Crippen molar-refractivity contribution in [1.29, 1.82) is 0 Å². The highest BCUT2D eigenvalue weighted by Gasteiger charge is 2.24. The van der Waals surface area contributed by atoms with Crippen LogP contribution in [0.5, 0.6) is 0 Å². The van der Waals surface area contributed by atoms with Gasteiger partial charge in [0.2, 0.25) is 0 Å². The molecule has 70 valence electrons. The van der Waals surface area contributed by atoms with Crippen LogP contribution in [0.25, 0.3) is 0 Å². The Bertz CT molecular complexity index is 345. The second kappa shape index (κ2) is 2.85. The lowest BCUT2D eigenvalue weighted by Crippen LogP contribution is -2.28. The number of fused-ring (bicyclic) bond motifs is 1. The summed E-state index contributed by atoms with van der Waals surface area (Å²) in [6, 6.07) is 0.0724. The molecule has 0 spiro atoms. The van der Waals surface area contributed by atoms with Gasteiger partial charge in [-0.25, -0.2) is 4.79 Å². The second-order valence-electron chi connectivity index (χ2n) is 3.34. The van der Waals surface area contributed by atoms with Gasteiger partial charge in [-0.2, -0.15) is 5.10 Å². The van der Waals surface area contributed by atoms with Gasteiger partial charge in [0.25, 0.3) is 0 Å². The standard InChI is InChI=1S/C8H11N3O2/c9-4-1-2-6-5(3-4)7(8(12)13)11-10-6/h4H,1-3,9H2,(H,10,11)(H,12,13). The Kier molecular flexibility index (Phi) is 1.81. The molecular formula is C8H11N3O2. The number of nitrogens with zero attached hydrogens (tertiary/aromatic N) is 1.